The maximum Gasteiger partial charge on any atom is 0.321 e. The number of urea groups is 1. The molecule has 0 aromatic heterocycles. The number of amides is 3. The highest BCUT2D eigenvalue weighted by atomic mass is 19.1. The minimum atomic E-state index is -0.445. The highest BCUT2D eigenvalue weighted by Gasteiger charge is 2.52. The van der Waals surface area contributed by atoms with Gasteiger partial charge in [0, 0.05) is 26.2 Å². The van der Waals surface area contributed by atoms with Crippen molar-refractivity contribution in [2.75, 3.05) is 25.5 Å². The van der Waals surface area contributed by atoms with Crippen LogP contribution in [-0.4, -0.2) is 60.1 Å². The summed E-state index contributed by atoms with van der Waals surface area (Å²) in [7, 11) is 1.57. The molecule has 0 radical (unpaired) electrons. The van der Waals surface area contributed by atoms with Gasteiger partial charge < -0.3 is 19.9 Å². The molecule has 3 rings (SSSR count). The molecule has 1 aromatic carbocycles. The Morgan fingerprint density at radius 3 is 2.50 bits per heavy atom. The molecule has 2 aliphatic rings. The van der Waals surface area contributed by atoms with Crippen LogP contribution in [-0.2, 0) is 9.53 Å². The van der Waals surface area contributed by atoms with Gasteiger partial charge in [-0.15, -0.1) is 0 Å². The number of methoxy groups -OCH3 is 1. The maximum atomic E-state index is 13.7. The van der Waals surface area contributed by atoms with Crippen molar-refractivity contribution in [1.82, 2.24) is 9.80 Å². The molecule has 3 amide bonds. The molecule has 2 heterocycles. The SMILES string of the molecule is COC1C(=O)N(C(C)C)C1C1CCN(C(=O)Nc2ccccc2F)CC1. The van der Waals surface area contributed by atoms with Gasteiger partial charge >= 0.3 is 6.03 Å². The zero-order valence-electron chi connectivity index (χ0n) is 15.4. The Kier molecular flexibility index (Phi) is 5.46. The molecular formula is C19H26FN3O3. The predicted octanol–water partition coefficient (Wildman–Crippen LogP) is 2.70. The fourth-order valence-electron chi connectivity index (χ4n) is 4.02. The van der Waals surface area contributed by atoms with Crippen LogP contribution in [0, 0.1) is 11.7 Å². The second-order valence-electron chi connectivity index (χ2n) is 7.22. The van der Waals surface area contributed by atoms with Crippen LogP contribution in [0.4, 0.5) is 14.9 Å². The molecule has 6 nitrogen and oxygen atoms in total. The van der Waals surface area contributed by atoms with E-state index in [-0.39, 0.29) is 35.8 Å². The lowest BCUT2D eigenvalue weighted by atomic mass is 9.79. The third kappa shape index (κ3) is 3.40. The third-order valence-corrected chi connectivity index (χ3v) is 5.36. The van der Waals surface area contributed by atoms with Crippen molar-refractivity contribution >= 4 is 17.6 Å². The van der Waals surface area contributed by atoms with E-state index < -0.39 is 5.82 Å². The van der Waals surface area contributed by atoms with E-state index in [1.54, 1.807) is 30.2 Å². The van der Waals surface area contributed by atoms with Crippen LogP contribution in [0.15, 0.2) is 24.3 Å². The second-order valence-corrected chi connectivity index (χ2v) is 7.22. The van der Waals surface area contributed by atoms with Crippen LogP contribution >= 0.6 is 0 Å². The molecule has 0 aliphatic carbocycles. The average molecular weight is 363 g/mol. The Balaban J connectivity index is 1.58. The lowest BCUT2D eigenvalue weighted by Gasteiger charge is -2.53. The highest BCUT2D eigenvalue weighted by molar-refractivity contribution is 5.90. The Morgan fingerprint density at radius 2 is 1.92 bits per heavy atom. The number of rotatable bonds is 4. The number of hydrogen-bond acceptors (Lipinski definition) is 3. The molecule has 26 heavy (non-hydrogen) atoms. The molecule has 0 saturated carbocycles. The summed E-state index contributed by atoms with van der Waals surface area (Å²) in [4.78, 5) is 28.2. The lowest BCUT2D eigenvalue weighted by Crippen LogP contribution is -2.70. The molecule has 142 valence electrons. The maximum absolute atomic E-state index is 13.7. The molecule has 2 fully saturated rings. The molecule has 1 N–H and O–H groups in total. The lowest BCUT2D eigenvalue weighted by molar-refractivity contribution is -0.181. The number of para-hydroxylation sites is 1. The number of likely N-dealkylation sites (tertiary alicyclic amines) is 2. The zero-order valence-corrected chi connectivity index (χ0v) is 15.4. The van der Waals surface area contributed by atoms with Crippen molar-refractivity contribution in [2.24, 2.45) is 5.92 Å². The number of nitrogens with zero attached hydrogens (tertiary/aromatic N) is 2. The van der Waals surface area contributed by atoms with Crippen LogP contribution in [0.3, 0.4) is 0 Å². The van der Waals surface area contributed by atoms with Gasteiger partial charge in [-0.2, -0.15) is 0 Å². The summed E-state index contributed by atoms with van der Waals surface area (Å²) >= 11 is 0. The molecule has 2 saturated heterocycles. The summed E-state index contributed by atoms with van der Waals surface area (Å²) in [5, 5.41) is 2.63. The second kappa shape index (κ2) is 7.61. The van der Waals surface area contributed by atoms with Crippen LogP contribution in [0.5, 0.6) is 0 Å². The van der Waals surface area contributed by atoms with Gasteiger partial charge in [-0.3, -0.25) is 4.79 Å². The predicted molar refractivity (Wildman–Crippen MR) is 96.3 cm³/mol. The average Bonchev–Trinajstić information content (AvgIpc) is 2.61. The van der Waals surface area contributed by atoms with Crippen LogP contribution in [0.25, 0.3) is 0 Å². The number of carbonyl (C=O) groups is 2. The van der Waals surface area contributed by atoms with E-state index in [2.05, 4.69) is 5.32 Å². The first kappa shape index (κ1) is 18.6. The fraction of sp³-hybridized carbons (Fsp3) is 0.579. The molecule has 2 aliphatic heterocycles. The normalized spacial score (nSPS) is 24.0. The molecular weight excluding hydrogens is 337 g/mol. The number of benzene rings is 1. The van der Waals surface area contributed by atoms with E-state index in [1.807, 2.05) is 18.7 Å². The van der Waals surface area contributed by atoms with Crippen LogP contribution < -0.4 is 5.32 Å². The number of carbonyl (C=O) groups excluding carboxylic acids is 2. The summed E-state index contributed by atoms with van der Waals surface area (Å²) in [6.45, 7) is 5.18. The van der Waals surface area contributed by atoms with E-state index in [1.165, 1.54) is 6.07 Å². The number of hydrogen-bond donors (Lipinski definition) is 1. The van der Waals surface area contributed by atoms with E-state index in [9.17, 15) is 14.0 Å². The Bertz CT molecular complexity index is 674. The molecule has 2 unspecified atom stereocenters. The number of anilines is 1. The quantitative estimate of drug-likeness (QED) is 0.837. The number of β-lactam (4-membered cyclic amide) rings is 1. The van der Waals surface area contributed by atoms with Crippen LogP contribution in [0.1, 0.15) is 26.7 Å². The summed E-state index contributed by atoms with van der Waals surface area (Å²) in [5.74, 6) is -0.0935. The van der Waals surface area contributed by atoms with Gasteiger partial charge in [0.2, 0.25) is 0 Å². The summed E-state index contributed by atoms with van der Waals surface area (Å²) in [5.41, 5.74) is 0.189. The van der Waals surface area contributed by atoms with Gasteiger partial charge in [0.15, 0.2) is 6.10 Å². The van der Waals surface area contributed by atoms with Crippen molar-refractivity contribution in [3.05, 3.63) is 30.1 Å². The van der Waals surface area contributed by atoms with E-state index in [4.69, 9.17) is 4.74 Å². The number of piperidine rings is 1. The number of nitrogens with one attached hydrogen (secondary N) is 1. The number of ether oxygens (including phenoxy) is 1. The fourth-order valence-corrected chi connectivity index (χ4v) is 4.02. The Morgan fingerprint density at radius 1 is 1.27 bits per heavy atom. The summed E-state index contributed by atoms with van der Waals surface area (Å²) in [6, 6.07) is 6.06. The molecule has 2 atom stereocenters. The summed E-state index contributed by atoms with van der Waals surface area (Å²) < 4.78 is 19.1. The van der Waals surface area contributed by atoms with Crippen LogP contribution in [0.2, 0.25) is 0 Å². The molecule has 1 aromatic rings. The topological polar surface area (TPSA) is 61.9 Å². The smallest absolute Gasteiger partial charge is 0.321 e. The standard InChI is InChI=1S/C19H26FN3O3/c1-12(2)23-16(17(26-3)18(23)24)13-8-10-22(11-9-13)19(25)21-15-7-5-4-6-14(15)20/h4-7,12-13,16-17H,8-11H2,1-3H3,(H,21,25). The van der Waals surface area contributed by atoms with Gasteiger partial charge in [-0.1, -0.05) is 12.1 Å². The van der Waals surface area contributed by atoms with Crippen molar-refractivity contribution in [2.45, 2.75) is 44.9 Å². The first-order valence-electron chi connectivity index (χ1n) is 9.09. The Labute approximate surface area is 153 Å². The van der Waals surface area contributed by atoms with Crippen molar-refractivity contribution < 1.29 is 18.7 Å². The largest absolute Gasteiger partial charge is 0.369 e. The highest BCUT2D eigenvalue weighted by Crippen LogP contribution is 2.36. The van der Waals surface area contributed by atoms with Gasteiger partial charge in [-0.25, -0.2) is 9.18 Å². The number of halogens is 1. The first-order chi connectivity index (χ1) is 12.4. The van der Waals surface area contributed by atoms with Crippen molar-refractivity contribution in [3.8, 4) is 0 Å². The van der Waals surface area contributed by atoms with Gasteiger partial charge in [-0.05, 0) is 44.7 Å². The van der Waals surface area contributed by atoms with E-state index in [0.29, 0.717) is 19.0 Å². The van der Waals surface area contributed by atoms with Gasteiger partial charge in [0.05, 0.1) is 11.7 Å². The Hall–Kier alpha value is -2.15. The first-order valence-corrected chi connectivity index (χ1v) is 9.09. The molecule has 0 bridgehead atoms. The molecule has 7 heteroatoms. The monoisotopic (exact) mass is 363 g/mol. The zero-order chi connectivity index (χ0) is 18.8. The van der Waals surface area contributed by atoms with Gasteiger partial charge in [0.25, 0.3) is 5.91 Å². The van der Waals surface area contributed by atoms with Crippen molar-refractivity contribution in [3.63, 3.8) is 0 Å². The molecule has 0 spiro atoms. The minimum Gasteiger partial charge on any atom is -0.369 e. The van der Waals surface area contributed by atoms with E-state index in [0.717, 1.165) is 12.8 Å². The third-order valence-electron chi connectivity index (χ3n) is 5.36. The summed E-state index contributed by atoms with van der Waals surface area (Å²) in [6.07, 6.45) is 1.22. The van der Waals surface area contributed by atoms with Crippen molar-refractivity contribution in [1.29, 1.82) is 0 Å². The minimum absolute atomic E-state index is 0.0484. The van der Waals surface area contributed by atoms with Gasteiger partial charge in [0.1, 0.15) is 5.82 Å². The van der Waals surface area contributed by atoms with E-state index >= 15 is 0 Å².